The maximum absolute atomic E-state index is 12.0. The van der Waals surface area contributed by atoms with Gasteiger partial charge in [0.1, 0.15) is 5.03 Å². The minimum atomic E-state index is -0.198. The summed E-state index contributed by atoms with van der Waals surface area (Å²) in [6.45, 7) is 12.3. The fraction of sp³-hybridized carbons (Fsp3) is 0.474. The third-order valence-electron chi connectivity index (χ3n) is 3.70. The number of hydrogen-bond donors (Lipinski definition) is 1. The van der Waals surface area contributed by atoms with Gasteiger partial charge in [0.25, 0.3) is 0 Å². The number of aryl methyl sites for hydroxylation is 3. The number of hydrogen-bond acceptors (Lipinski definition) is 3. The Morgan fingerprint density at radius 1 is 1.17 bits per heavy atom. The Hall–Kier alpha value is -1.55. The Morgan fingerprint density at radius 3 is 2.43 bits per heavy atom. The van der Waals surface area contributed by atoms with Crippen molar-refractivity contribution in [2.45, 2.75) is 58.5 Å². The molecule has 3 nitrogen and oxygen atoms in total. The van der Waals surface area contributed by atoms with Crippen molar-refractivity contribution in [3.05, 3.63) is 34.9 Å². The van der Waals surface area contributed by atoms with Gasteiger partial charge < -0.3 is 5.32 Å². The molecule has 4 heteroatoms. The van der Waals surface area contributed by atoms with Crippen molar-refractivity contribution in [1.82, 2.24) is 10.3 Å². The molecular formula is C19H26N2OS. The first-order valence-electron chi connectivity index (χ1n) is 8.04. The predicted octanol–water partition coefficient (Wildman–Crippen LogP) is 4.42. The smallest absolute Gasteiger partial charge is 0.230 e. The molecular weight excluding hydrogens is 304 g/mol. The van der Waals surface area contributed by atoms with Gasteiger partial charge in [0.15, 0.2) is 0 Å². The summed E-state index contributed by atoms with van der Waals surface area (Å²) in [6.07, 6.45) is 0.916. The first-order valence-corrected chi connectivity index (χ1v) is 9.03. The minimum absolute atomic E-state index is 0.0477. The second-order valence-electron chi connectivity index (χ2n) is 7.02. The molecule has 0 saturated carbocycles. The van der Waals surface area contributed by atoms with Crippen LogP contribution in [0.1, 0.15) is 44.4 Å². The van der Waals surface area contributed by atoms with Crippen LogP contribution in [0.25, 0.3) is 10.9 Å². The Bertz CT molecular complexity index is 732. The van der Waals surface area contributed by atoms with Crippen LogP contribution in [0.2, 0.25) is 0 Å². The number of aromatic nitrogens is 1. The van der Waals surface area contributed by atoms with Gasteiger partial charge in [-0.15, -0.1) is 0 Å². The molecule has 23 heavy (non-hydrogen) atoms. The van der Waals surface area contributed by atoms with E-state index in [1.807, 2.05) is 20.8 Å². The largest absolute Gasteiger partial charge is 0.351 e. The lowest BCUT2D eigenvalue weighted by molar-refractivity contribution is -0.119. The van der Waals surface area contributed by atoms with E-state index in [1.165, 1.54) is 33.8 Å². The summed E-state index contributed by atoms with van der Waals surface area (Å²) in [5, 5.41) is 5.13. The zero-order valence-corrected chi connectivity index (χ0v) is 15.7. The van der Waals surface area contributed by atoms with Gasteiger partial charge in [0, 0.05) is 10.9 Å². The highest BCUT2D eigenvalue weighted by Crippen LogP contribution is 2.27. The second-order valence-corrected chi connectivity index (χ2v) is 7.99. The topological polar surface area (TPSA) is 42.0 Å². The van der Waals surface area contributed by atoms with Gasteiger partial charge in [-0.1, -0.05) is 18.7 Å². The SMILES string of the molecule is CCc1cc2cc(C)c(C)cc2nc1SCC(=O)NC(C)(C)C. The van der Waals surface area contributed by atoms with Crippen molar-refractivity contribution in [3.63, 3.8) is 0 Å². The molecule has 0 bridgehead atoms. The Kier molecular flexibility index (Phi) is 5.35. The van der Waals surface area contributed by atoms with E-state index in [1.54, 1.807) is 0 Å². The molecule has 1 aromatic heterocycles. The van der Waals surface area contributed by atoms with Crippen LogP contribution in [-0.2, 0) is 11.2 Å². The molecule has 0 fully saturated rings. The number of benzene rings is 1. The first-order chi connectivity index (χ1) is 10.7. The Labute approximate surface area is 143 Å². The molecule has 1 amide bonds. The van der Waals surface area contributed by atoms with E-state index in [4.69, 9.17) is 4.98 Å². The highest BCUT2D eigenvalue weighted by molar-refractivity contribution is 7.99. The third-order valence-corrected chi connectivity index (χ3v) is 4.74. The fourth-order valence-electron chi connectivity index (χ4n) is 2.43. The van der Waals surface area contributed by atoms with Crippen molar-refractivity contribution >= 4 is 28.6 Å². The maximum atomic E-state index is 12.0. The van der Waals surface area contributed by atoms with Gasteiger partial charge in [-0.25, -0.2) is 4.98 Å². The average Bonchev–Trinajstić information content (AvgIpc) is 2.44. The van der Waals surface area contributed by atoms with Crippen molar-refractivity contribution in [2.24, 2.45) is 0 Å². The van der Waals surface area contributed by atoms with E-state index < -0.39 is 0 Å². The quantitative estimate of drug-likeness (QED) is 0.844. The van der Waals surface area contributed by atoms with Gasteiger partial charge in [0.2, 0.25) is 5.91 Å². The van der Waals surface area contributed by atoms with E-state index in [2.05, 4.69) is 44.3 Å². The van der Waals surface area contributed by atoms with Crippen LogP contribution in [0.3, 0.4) is 0 Å². The third kappa shape index (κ3) is 4.71. The highest BCUT2D eigenvalue weighted by atomic mass is 32.2. The van der Waals surface area contributed by atoms with Crippen LogP contribution in [0, 0.1) is 13.8 Å². The van der Waals surface area contributed by atoms with Crippen molar-refractivity contribution < 1.29 is 4.79 Å². The van der Waals surface area contributed by atoms with Crippen molar-refractivity contribution in [1.29, 1.82) is 0 Å². The lowest BCUT2D eigenvalue weighted by Gasteiger charge is -2.20. The Morgan fingerprint density at radius 2 is 1.83 bits per heavy atom. The van der Waals surface area contributed by atoms with E-state index in [9.17, 15) is 4.79 Å². The molecule has 0 aliphatic heterocycles. The van der Waals surface area contributed by atoms with E-state index in [0.29, 0.717) is 5.75 Å². The first kappa shape index (κ1) is 17.8. The van der Waals surface area contributed by atoms with Gasteiger partial charge in [-0.2, -0.15) is 0 Å². The normalized spacial score (nSPS) is 11.7. The maximum Gasteiger partial charge on any atom is 0.230 e. The van der Waals surface area contributed by atoms with Crippen LogP contribution >= 0.6 is 11.8 Å². The molecule has 2 aromatic rings. The van der Waals surface area contributed by atoms with Crippen LogP contribution in [0.5, 0.6) is 0 Å². The monoisotopic (exact) mass is 330 g/mol. The summed E-state index contributed by atoms with van der Waals surface area (Å²) in [5.74, 6) is 0.444. The van der Waals surface area contributed by atoms with Crippen LogP contribution < -0.4 is 5.32 Å². The summed E-state index contributed by atoms with van der Waals surface area (Å²) in [4.78, 5) is 16.8. The van der Waals surface area contributed by atoms with Crippen LogP contribution in [0.15, 0.2) is 23.2 Å². The van der Waals surface area contributed by atoms with Gasteiger partial charge in [-0.05, 0) is 75.9 Å². The fourth-order valence-corrected chi connectivity index (χ4v) is 3.32. The minimum Gasteiger partial charge on any atom is -0.351 e. The molecule has 0 spiro atoms. The number of carbonyl (C=O) groups is 1. The van der Waals surface area contributed by atoms with E-state index in [0.717, 1.165) is 17.0 Å². The molecule has 1 aromatic carbocycles. The summed E-state index contributed by atoms with van der Waals surface area (Å²) in [5.41, 5.74) is 4.54. The van der Waals surface area contributed by atoms with Gasteiger partial charge >= 0.3 is 0 Å². The van der Waals surface area contributed by atoms with Crippen LogP contribution in [0.4, 0.5) is 0 Å². The average molecular weight is 330 g/mol. The van der Waals surface area contributed by atoms with Gasteiger partial charge in [-0.3, -0.25) is 4.79 Å². The van der Waals surface area contributed by atoms with Gasteiger partial charge in [0.05, 0.1) is 11.3 Å². The van der Waals surface area contributed by atoms with E-state index in [-0.39, 0.29) is 11.4 Å². The second kappa shape index (κ2) is 6.91. The lowest BCUT2D eigenvalue weighted by Crippen LogP contribution is -2.41. The number of nitrogens with zero attached hydrogens (tertiary/aromatic N) is 1. The molecule has 0 radical (unpaired) electrons. The summed E-state index contributed by atoms with van der Waals surface area (Å²) >= 11 is 1.52. The number of nitrogens with one attached hydrogen (secondary N) is 1. The Balaban J connectivity index is 2.25. The number of thioether (sulfide) groups is 1. The van der Waals surface area contributed by atoms with Crippen molar-refractivity contribution in [3.8, 4) is 0 Å². The molecule has 1 heterocycles. The molecule has 0 atom stereocenters. The predicted molar refractivity (Wildman–Crippen MR) is 99.2 cm³/mol. The molecule has 0 aliphatic rings. The zero-order valence-electron chi connectivity index (χ0n) is 14.9. The van der Waals surface area contributed by atoms with E-state index >= 15 is 0 Å². The highest BCUT2D eigenvalue weighted by Gasteiger charge is 2.15. The zero-order chi connectivity index (χ0) is 17.2. The molecule has 0 unspecified atom stereocenters. The standard InChI is InChI=1S/C19H26N2OS/c1-7-14-10-15-8-12(2)13(3)9-16(15)20-18(14)23-11-17(22)21-19(4,5)6/h8-10H,7,11H2,1-6H3,(H,21,22). The number of rotatable bonds is 4. The summed E-state index contributed by atoms with van der Waals surface area (Å²) < 4.78 is 0. The molecule has 1 N–H and O–H groups in total. The lowest BCUT2D eigenvalue weighted by atomic mass is 10.0. The molecule has 0 aliphatic carbocycles. The van der Waals surface area contributed by atoms with Crippen molar-refractivity contribution in [2.75, 3.05) is 5.75 Å². The number of fused-ring (bicyclic) bond motifs is 1. The number of pyridine rings is 1. The molecule has 124 valence electrons. The number of amides is 1. The molecule has 2 rings (SSSR count). The number of carbonyl (C=O) groups excluding carboxylic acids is 1. The molecule has 0 saturated heterocycles. The van der Waals surface area contributed by atoms with Crippen LogP contribution in [-0.4, -0.2) is 22.2 Å². The summed E-state index contributed by atoms with van der Waals surface area (Å²) in [7, 11) is 0. The summed E-state index contributed by atoms with van der Waals surface area (Å²) in [6, 6.07) is 6.53.